The van der Waals surface area contributed by atoms with Crippen LogP contribution in [0.5, 0.6) is 0 Å². The van der Waals surface area contributed by atoms with E-state index in [4.69, 9.17) is 5.73 Å². The van der Waals surface area contributed by atoms with Crippen LogP contribution in [0.1, 0.15) is 12.8 Å². The van der Waals surface area contributed by atoms with Gasteiger partial charge >= 0.3 is 0 Å². The van der Waals surface area contributed by atoms with Gasteiger partial charge in [0.15, 0.2) is 0 Å². The number of anilines is 2. The molecule has 0 unspecified atom stereocenters. The molecule has 1 heterocycles. The van der Waals surface area contributed by atoms with E-state index in [9.17, 15) is 4.79 Å². The number of nitrogens with zero attached hydrogens (tertiary/aromatic N) is 2. The fourth-order valence-corrected chi connectivity index (χ4v) is 2.31. The van der Waals surface area contributed by atoms with Crippen LogP contribution in [0, 0.1) is 0 Å². The van der Waals surface area contributed by atoms with Gasteiger partial charge < -0.3 is 20.9 Å². The molecule has 2 rings (SSSR count). The average molecular weight is 276 g/mol. The first kappa shape index (κ1) is 14.8. The first-order valence-electron chi connectivity index (χ1n) is 7.22. The number of nitrogens with one attached hydrogen (secondary N) is 1. The molecule has 5 nitrogen and oxygen atoms in total. The highest BCUT2D eigenvalue weighted by Crippen LogP contribution is 2.19. The molecule has 1 aromatic carbocycles. The molecule has 0 saturated carbocycles. The first-order valence-corrected chi connectivity index (χ1v) is 7.22. The summed E-state index contributed by atoms with van der Waals surface area (Å²) in [5, 5.41) is 2.89. The summed E-state index contributed by atoms with van der Waals surface area (Å²) in [6.45, 7) is 4.85. The van der Waals surface area contributed by atoms with Gasteiger partial charge in [0.2, 0.25) is 5.91 Å². The minimum Gasteiger partial charge on any atom is -0.369 e. The second-order valence-corrected chi connectivity index (χ2v) is 5.28. The fraction of sp³-hybridized carbons (Fsp3) is 0.533. The van der Waals surface area contributed by atoms with Gasteiger partial charge in [-0.2, -0.15) is 0 Å². The molecule has 1 amide bonds. The molecule has 0 radical (unpaired) electrons. The van der Waals surface area contributed by atoms with Crippen LogP contribution in [0.4, 0.5) is 11.4 Å². The predicted molar refractivity (Wildman–Crippen MR) is 83.1 cm³/mol. The van der Waals surface area contributed by atoms with E-state index in [1.807, 2.05) is 12.1 Å². The molecule has 0 aliphatic carbocycles. The van der Waals surface area contributed by atoms with Crippen molar-refractivity contribution in [3.8, 4) is 0 Å². The van der Waals surface area contributed by atoms with Crippen molar-refractivity contribution in [3.63, 3.8) is 0 Å². The van der Waals surface area contributed by atoms with Gasteiger partial charge in [0, 0.05) is 44.0 Å². The number of hydrogen-bond donors (Lipinski definition) is 2. The average Bonchev–Trinajstić information content (AvgIpc) is 2.47. The van der Waals surface area contributed by atoms with Gasteiger partial charge in [0.05, 0.1) is 0 Å². The zero-order valence-electron chi connectivity index (χ0n) is 12.1. The molecule has 20 heavy (non-hydrogen) atoms. The van der Waals surface area contributed by atoms with Crippen LogP contribution < -0.4 is 16.0 Å². The Kier molecular flexibility index (Phi) is 5.38. The van der Waals surface area contributed by atoms with Gasteiger partial charge in [0.1, 0.15) is 0 Å². The van der Waals surface area contributed by atoms with E-state index in [0.717, 1.165) is 38.3 Å². The molecule has 1 aromatic rings. The zero-order valence-corrected chi connectivity index (χ0v) is 12.1. The lowest BCUT2D eigenvalue weighted by molar-refractivity contribution is -0.116. The van der Waals surface area contributed by atoms with Crippen molar-refractivity contribution in [2.24, 2.45) is 5.73 Å². The van der Waals surface area contributed by atoms with Crippen molar-refractivity contribution >= 4 is 17.3 Å². The molecule has 5 heteroatoms. The van der Waals surface area contributed by atoms with Crippen LogP contribution in [-0.2, 0) is 4.79 Å². The van der Waals surface area contributed by atoms with Crippen molar-refractivity contribution in [1.29, 1.82) is 0 Å². The molecular weight excluding hydrogens is 252 g/mol. The minimum absolute atomic E-state index is 0.0304. The minimum atomic E-state index is 0.0304. The Morgan fingerprint density at radius 1 is 1.20 bits per heavy atom. The number of carbonyl (C=O) groups excluding carboxylic acids is 1. The number of rotatable bonds is 5. The molecule has 0 aromatic heterocycles. The maximum Gasteiger partial charge on any atom is 0.224 e. The van der Waals surface area contributed by atoms with Gasteiger partial charge in [-0.25, -0.2) is 0 Å². The molecule has 0 atom stereocenters. The first-order chi connectivity index (χ1) is 9.69. The van der Waals surface area contributed by atoms with E-state index in [1.165, 1.54) is 5.69 Å². The summed E-state index contributed by atoms with van der Waals surface area (Å²) in [6.07, 6.45) is 1.21. The van der Waals surface area contributed by atoms with Crippen LogP contribution in [-0.4, -0.2) is 50.6 Å². The standard InChI is InChI=1S/C15H24N4O/c1-18-9-11-19(12-10-18)14-6-4-13(5-7-14)17-15(20)3-2-8-16/h4-7H,2-3,8-12,16H2,1H3,(H,17,20). The van der Waals surface area contributed by atoms with Crippen molar-refractivity contribution in [2.75, 3.05) is 50.0 Å². The molecule has 1 saturated heterocycles. The lowest BCUT2D eigenvalue weighted by Crippen LogP contribution is -2.44. The molecule has 110 valence electrons. The summed E-state index contributed by atoms with van der Waals surface area (Å²) in [5.74, 6) is 0.0304. The number of hydrogen-bond acceptors (Lipinski definition) is 4. The number of carbonyl (C=O) groups is 1. The highest BCUT2D eigenvalue weighted by Gasteiger charge is 2.14. The van der Waals surface area contributed by atoms with E-state index in [2.05, 4.69) is 34.3 Å². The predicted octanol–water partition coefficient (Wildman–Crippen LogP) is 1.12. The Hall–Kier alpha value is -1.59. The summed E-state index contributed by atoms with van der Waals surface area (Å²) < 4.78 is 0. The highest BCUT2D eigenvalue weighted by molar-refractivity contribution is 5.90. The lowest BCUT2D eigenvalue weighted by atomic mass is 10.2. The number of piperazine rings is 1. The normalized spacial score (nSPS) is 16.2. The smallest absolute Gasteiger partial charge is 0.224 e. The number of benzene rings is 1. The largest absolute Gasteiger partial charge is 0.369 e. The topological polar surface area (TPSA) is 61.6 Å². The van der Waals surface area contributed by atoms with Crippen LogP contribution in [0.15, 0.2) is 24.3 Å². The van der Waals surface area contributed by atoms with Crippen LogP contribution in [0.3, 0.4) is 0 Å². The third-order valence-electron chi connectivity index (χ3n) is 3.63. The maximum atomic E-state index is 11.6. The van der Waals surface area contributed by atoms with E-state index in [-0.39, 0.29) is 5.91 Å². The summed E-state index contributed by atoms with van der Waals surface area (Å²) in [5.41, 5.74) is 7.47. The van der Waals surface area contributed by atoms with Gasteiger partial charge in [-0.1, -0.05) is 0 Å². The van der Waals surface area contributed by atoms with Crippen molar-refractivity contribution < 1.29 is 4.79 Å². The Balaban J connectivity index is 1.88. The quantitative estimate of drug-likeness (QED) is 0.846. The van der Waals surface area contributed by atoms with E-state index in [1.54, 1.807) is 0 Å². The number of nitrogens with two attached hydrogens (primary N) is 1. The van der Waals surface area contributed by atoms with Gasteiger partial charge in [0.25, 0.3) is 0 Å². The van der Waals surface area contributed by atoms with E-state index >= 15 is 0 Å². The summed E-state index contributed by atoms with van der Waals surface area (Å²) in [6, 6.07) is 8.08. The molecule has 0 bridgehead atoms. The Morgan fingerprint density at radius 3 is 2.45 bits per heavy atom. The third kappa shape index (κ3) is 4.21. The molecular formula is C15H24N4O. The monoisotopic (exact) mass is 276 g/mol. The number of likely N-dealkylation sites (N-methyl/N-ethyl adjacent to an activating group) is 1. The molecule has 1 aliphatic rings. The summed E-state index contributed by atoms with van der Waals surface area (Å²) in [7, 11) is 2.15. The van der Waals surface area contributed by atoms with Gasteiger partial charge in [-0.3, -0.25) is 4.79 Å². The molecule has 3 N–H and O–H groups in total. The summed E-state index contributed by atoms with van der Waals surface area (Å²) >= 11 is 0. The highest BCUT2D eigenvalue weighted by atomic mass is 16.1. The van der Waals surface area contributed by atoms with Crippen LogP contribution in [0.25, 0.3) is 0 Å². The molecule has 1 fully saturated rings. The van der Waals surface area contributed by atoms with Crippen molar-refractivity contribution in [3.05, 3.63) is 24.3 Å². The summed E-state index contributed by atoms with van der Waals surface area (Å²) in [4.78, 5) is 16.3. The zero-order chi connectivity index (χ0) is 14.4. The van der Waals surface area contributed by atoms with Gasteiger partial charge in [-0.15, -0.1) is 0 Å². The second-order valence-electron chi connectivity index (χ2n) is 5.28. The lowest BCUT2D eigenvalue weighted by Gasteiger charge is -2.34. The Labute approximate surface area is 120 Å². The Morgan fingerprint density at radius 2 is 1.85 bits per heavy atom. The van der Waals surface area contributed by atoms with Crippen LogP contribution in [0.2, 0.25) is 0 Å². The molecule has 0 spiro atoms. The number of amides is 1. The fourth-order valence-electron chi connectivity index (χ4n) is 2.31. The van der Waals surface area contributed by atoms with Crippen molar-refractivity contribution in [1.82, 2.24) is 4.90 Å². The van der Waals surface area contributed by atoms with Crippen molar-refractivity contribution in [2.45, 2.75) is 12.8 Å². The van der Waals surface area contributed by atoms with Gasteiger partial charge in [-0.05, 0) is 44.3 Å². The SMILES string of the molecule is CN1CCN(c2ccc(NC(=O)CCCN)cc2)CC1. The van der Waals surface area contributed by atoms with Crippen LogP contribution >= 0.6 is 0 Å². The second kappa shape index (κ2) is 7.26. The Bertz CT molecular complexity index is 424. The molecule has 1 aliphatic heterocycles. The van der Waals surface area contributed by atoms with E-state index < -0.39 is 0 Å². The maximum absolute atomic E-state index is 11.6. The third-order valence-corrected chi connectivity index (χ3v) is 3.63. The van der Waals surface area contributed by atoms with E-state index in [0.29, 0.717) is 13.0 Å².